The smallest absolute Gasteiger partial charge is 1.00 e. The molecular weight excluding hydrogens is 365 g/mol. The van der Waals surface area contributed by atoms with Crippen molar-refractivity contribution in [3.63, 3.8) is 0 Å². The first-order chi connectivity index (χ1) is 2.00. The molecule has 0 atom stereocenters. The van der Waals surface area contributed by atoms with Crippen LogP contribution in [0, 0.1) is 0 Å². The van der Waals surface area contributed by atoms with Crippen LogP contribution in [0.15, 0.2) is 0 Å². The van der Waals surface area contributed by atoms with Crippen LogP contribution in [0.5, 0.6) is 0 Å². The van der Waals surface area contributed by atoms with Gasteiger partial charge >= 0.3 is 111 Å². The molecule has 0 spiro atoms. The van der Waals surface area contributed by atoms with Gasteiger partial charge in [-0.2, -0.15) is 0 Å². The Labute approximate surface area is 195 Å². The SMILES string of the molecule is O.O.O.O.O.O.O.O.O.O.O.O.O=P(O)(O)O.[H-].[H-].[K+].[K+]. The van der Waals surface area contributed by atoms with Gasteiger partial charge in [-0.15, -0.1) is 0 Å². The van der Waals surface area contributed by atoms with Crippen LogP contribution in [0.4, 0.5) is 0 Å². The van der Waals surface area contributed by atoms with E-state index in [9.17, 15) is 0 Å². The molecular formula is H29K2O16P. The molecule has 16 nitrogen and oxygen atoms in total. The molecule has 0 aromatic carbocycles. The minimum atomic E-state index is -4.64. The molecule has 0 unspecified atom stereocenters. The summed E-state index contributed by atoms with van der Waals surface area (Å²) in [4.78, 5) is 21.6. The van der Waals surface area contributed by atoms with Gasteiger partial charge in [-0.1, -0.05) is 0 Å². The average Bonchev–Trinajstić information content (AvgIpc) is 0.722. The molecule has 0 aromatic heterocycles. The predicted molar refractivity (Wildman–Crippen MR) is 59.9 cm³/mol. The summed E-state index contributed by atoms with van der Waals surface area (Å²) in [6, 6.07) is 0. The topological polar surface area (TPSA) is 456 Å². The maximum atomic E-state index is 8.88. The van der Waals surface area contributed by atoms with Crippen LogP contribution < -0.4 is 103 Å². The summed E-state index contributed by atoms with van der Waals surface area (Å²) in [5, 5.41) is 0. The Kier molecular flexibility index (Phi) is 1100. The standard InChI is InChI=1S/2K.H3O4P.12H2O.2H/c;;1-5(2,3)4;;;;;;;;;;;;;;/h;;(H3,1,2,3,4);12*1H2;;/q2*+1;;;;;;;;;;;;;;2*-1. The molecule has 0 aromatic rings. The van der Waals surface area contributed by atoms with Gasteiger partial charge in [0.2, 0.25) is 0 Å². The maximum absolute atomic E-state index is 8.88. The average molecular weight is 394 g/mol. The van der Waals surface area contributed by atoms with Crippen LogP contribution in [0.1, 0.15) is 2.85 Å². The van der Waals surface area contributed by atoms with Crippen molar-refractivity contribution in [3.8, 4) is 0 Å². The van der Waals surface area contributed by atoms with E-state index in [-0.39, 0.29) is 171 Å². The van der Waals surface area contributed by atoms with Crippen molar-refractivity contribution in [3.05, 3.63) is 0 Å². The number of phosphoric acid groups is 1. The molecule has 0 aliphatic carbocycles. The third kappa shape index (κ3) is 886. The van der Waals surface area contributed by atoms with Gasteiger partial charge in [0.25, 0.3) is 0 Å². The summed E-state index contributed by atoms with van der Waals surface area (Å²) in [6.07, 6.45) is 0. The van der Waals surface area contributed by atoms with E-state index in [1.807, 2.05) is 0 Å². The van der Waals surface area contributed by atoms with E-state index in [4.69, 9.17) is 19.2 Å². The molecule has 132 valence electrons. The summed E-state index contributed by atoms with van der Waals surface area (Å²) in [6.45, 7) is 0. The number of rotatable bonds is 0. The summed E-state index contributed by atoms with van der Waals surface area (Å²) < 4.78 is 8.88. The Hall–Kier alpha value is 2.90. The van der Waals surface area contributed by atoms with Crippen LogP contribution in [0.25, 0.3) is 0 Å². The van der Waals surface area contributed by atoms with Crippen LogP contribution in [-0.2, 0) is 4.57 Å². The first-order valence-electron chi connectivity index (χ1n) is 0.783. The first kappa shape index (κ1) is 201. The molecule has 0 saturated carbocycles. The van der Waals surface area contributed by atoms with Gasteiger partial charge in [-0.3, -0.25) is 0 Å². The molecule has 0 aliphatic rings. The molecule has 0 rings (SSSR count). The zero-order valence-corrected chi connectivity index (χ0v) is 17.3. The molecule has 0 heterocycles. The van der Waals surface area contributed by atoms with Crippen LogP contribution >= 0.6 is 7.82 Å². The minimum Gasteiger partial charge on any atom is -1.00 e. The Morgan fingerprint density at radius 2 is 0.474 bits per heavy atom. The minimum absolute atomic E-state index is 0. The second kappa shape index (κ2) is 104. The van der Waals surface area contributed by atoms with Crippen molar-refractivity contribution in [1.29, 1.82) is 0 Å². The van der Waals surface area contributed by atoms with E-state index in [0.29, 0.717) is 0 Å². The molecule has 0 saturated heterocycles. The molecule has 19 heavy (non-hydrogen) atoms. The van der Waals surface area contributed by atoms with Crippen LogP contribution in [0.3, 0.4) is 0 Å². The van der Waals surface area contributed by atoms with E-state index in [0.717, 1.165) is 0 Å². The van der Waals surface area contributed by atoms with Gasteiger partial charge in [-0.25, -0.2) is 4.57 Å². The second-order valence-corrected chi connectivity index (χ2v) is 1.54. The quantitative estimate of drug-likeness (QED) is 0.265. The molecule has 0 bridgehead atoms. The summed E-state index contributed by atoms with van der Waals surface area (Å²) >= 11 is 0. The van der Waals surface area contributed by atoms with E-state index in [1.165, 1.54) is 0 Å². The molecule has 0 amide bonds. The van der Waals surface area contributed by atoms with Gasteiger partial charge < -0.3 is 83.2 Å². The van der Waals surface area contributed by atoms with Crippen molar-refractivity contribution in [2.45, 2.75) is 0 Å². The second-order valence-electron chi connectivity index (χ2n) is 0.513. The third-order valence-electron chi connectivity index (χ3n) is 0. The molecule has 0 radical (unpaired) electrons. The van der Waals surface area contributed by atoms with Gasteiger partial charge in [-0.05, 0) is 0 Å². The Bertz CT molecular complexity index is 70.4. The summed E-state index contributed by atoms with van der Waals surface area (Å²) in [5.74, 6) is 0. The molecule has 0 fully saturated rings. The van der Waals surface area contributed by atoms with E-state index >= 15 is 0 Å². The fourth-order valence-electron chi connectivity index (χ4n) is 0. The zero-order valence-electron chi connectivity index (χ0n) is 12.2. The fourth-order valence-corrected chi connectivity index (χ4v) is 0. The van der Waals surface area contributed by atoms with Gasteiger partial charge in [0.1, 0.15) is 0 Å². The summed E-state index contributed by atoms with van der Waals surface area (Å²) in [7, 11) is -4.64. The van der Waals surface area contributed by atoms with Crippen molar-refractivity contribution >= 4 is 7.82 Å². The normalized spacial score (nSPS) is 3.11. The van der Waals surface area contributed by atoms with Gasteiger partial charge in [0.05, 0.1) is 0 Å². The third-order valence-corrected chi connectivity index (χ3v) is 0. The van der Waals surface area contributed by atoms with Crippen molar-refractivity contribution < 1.29 is 191 Å². The van der Waals surface area contributed by atoms with Crippen molar-refractivity contribution in [1.82, 2.24) is 0 Å². The van der Waals surface area contributed by atoms with E-state index in [2.05, 4.69) is 0 Å². The van der Waals surface area contributed by atoms with Gasteiger partial charge in [0.15, 0.2) is 0 Å². The number of hydrogen-bond donors (Lipinski definition) is 3. The van der Waals surface area contributed by atoms with E-state index in [1.54, 1.807) is 0 Å². The Morgan fingerprint density at radius 3 is 0.474 bits per heavy atom. The maximum Gasteiger partial charge on any atom is 1.00 e. The van der Waals surface area contributed by atoms with Crippen molar-refractivity contribution in [2.75, 3.05) is 0 Å². The summed E-state index contributed by atoms with van der Waals surface area (Å²) in [5.41, 5.74) is 0. The Balaban J connectivity index is -0.000000000667. The largest absolute Gasteiger partial charge is 1.00 e. The molecule has 0 aliphatic heterocycles. The molecule has 19 heteroatoms. The fraction of sp³-hybridized carbons (Fsp3) is 0. The predicted octanol–water partition coefficient (Wildman–Crippen LogP) is -16.6. The first-order valence-corrected chi connectivity index (χ1v) is 2.35. The van der Waals surface area contributed by atoms with Crippen LogP contribution in [0.2, 0.25) is 0 Å². The van der Waals surface area contributed by atoms with E-state index < -0.39 is 7.82 Å². The molecule has 27 N–H and O–H groups in total. The number of hydrogen-bond acceptors (Lipinski definition) is 1. The monoisotopic (exact) mass is 394 g/mol. The van der Waals surface area contributed by atoms with Crippen LogP contribution in [-0.4, -0.2) is 80.4 Å². The van der Waals surface area contributed by atoms with Gasteiger partial charge in [0, 0.05) is 0 Å². The zero-order chi connectivity index (χ0) is 4.50. The van der Waals surface area contributed by atoms with Crippen molar-refractivity contribution in [2.24, 2.45) is 0 Å². The Morgan fingerprint density at radius 1 is 0.474 bits per heavy atom.